The lowest BCUT2D eigenvalue weighted by Gasteiger charge is -2.13. The Morgan fingerprint density at radius 1 is 1.17 bits per heavy atom. The van der Waals surface area contributed by atoms with E-state index in [0.29, 0.717) is 16.9 Å². The molecular weight excluding hydrogens is 408 g/mol. The molecule has 3 rings (SSSR count). The smallest absolute Gasteiger partial charge is 0.344 e. The number of hydrazine groups is 1. The number of thiocarbonyl (C=S) groups is 1. The molecule has 0 aliphatic rings. The van der Waals surface area contributed by atoms with Crippen molar-refractivity contribution in [3.63, 3.8) is 0 Å². The lowest BCUT2D eigenvalue weighted by Crippen LogP contribution is -2.41. The Morgan fingerprint density at radius 2 is 1.93 bits per heavy atom. The van der Waals surface area contributed by atoms with Crippen LogP contribution in [0, 0.1) is 0 Å². The van der Waals surface area contributed by atoms with E-state index >= 15 is 0 Å². The van der Waals surface area contributed by atoms with E-state index in [-0.39, 0.29) is 10.9 Å². The quantitative estimate of drug-likeness (QED) is 0.241. The van der Waals surface area contributed by atoms with Crippen LogP contribution < -0.4 is 21.2 Å². The minimum atomic E-state index is -0.422. The van der Waals surface area contributed by atoms with Crippen molar-refractivity contribution in [2.24, 2.45) is 0 Å². The number of thiol groups is 1. The molecule has 1 amide bonds. The molecule has 0 unspecified atom stereocenters. The van der Waals surface area contributed by atoms with Gasteiger partial charge in [-0.1, -0.05) is 55.9 Å². The summed E-state index contributed by atoms with van der Waals surface area (Å²) >= 11 is 8.54. The number of aryl methyl sites for hydroxylation is 1. The van der Waals surface area contributed by atoms with Gasteiger partial charge in [-0.2, -0.15) is 0 Å². The number of carbonyl (C=O) groups is 1. The Labute approximate surface area is 178 Å². The zero-order valence-electron chi connectivity index (χ0n) is 15.7. The standard InChI is InChI=1S/C21H20N2O4S2/c1-2-6-16-15-10-9-14(26-12-18(24)22-23-21(28)29)11-17(15)27-20(25)19(16)13-7-4-3-5-8-13/h3-5,7-11H,2,6,12H2,1H3,(H,22,24)(H2,23,28,29). The summed E-state index contributed by atoms with van der Waals surface area (Å²) in [6.45, 7) is 1.83. The lowest BCUT2D eigenvalue weighted by atomic mass is 9.95. The molecule has 0 fully saturated rings. The molecule has 0 saturated heterocycles. The van der Waals surface area contributed by atoms with E-state index in [0.717, 1.165) is 29.4 Å². The molecule has 3 aromatic rings. The van der Waals surface area contributed by atoms with E-state index in [2.05, 4.69) is 30.4 Å². The van der Waals surface area contributed by atoms with Gasteiger partial charge in [-0.25, -0.2) is 4.79 Å². The number of hydrogen-bond donors (Lipinski definition) is 3. The van der Waals surface area contributed by atoms with Crippen LogP contribution in [0.5, 0.6) is 5.75 Å². The van der Waals surface area contributed by atoms with Gasteiger partial charge >= 0.3 is 5.63 Å². The Kier molecular flexibility index (Phi) is 6.90. The highest BCUT2D eigenvalue weighted by atomic mass is 32.1. The molecule has 0 radical (unpaired) electrons. The summed E-state index contributed by atoms with van der Waals surface area (Å²) < 4.78 is 11.2. The van der Waals surface area contributed by atoms with Crippen LogP contribution in [0.4, 0.5) is 0 Å². The van der Waals surface area contributed by atoms with Crippen LogP contribution in [0.1, 0.15) is 18.9 Å². The highest BCUT2D eigenvalue weighted by Gasteiger charge is 2.16. The van der Waals surface area contributed by atoms with Gasteiger partial charge in [0.2, 0.25) is 0 Å². The van der Waals surface area contributed by atoms with E-state index in [4.69, 9.17) is 21.4 Å². The Bertz CT molecular complexity index is 1100. The zero-order chi connectivity index (χ0) is 20.8. The molecule has 0 aliphatic heterocycles. The molecule has 1 aromatic heterocycles. The third-order valence-electron chi connectivity index (χ3n) is 4.23. The summed E-state index contributed by atoms with van der Waals surface area (Å²) in [7, 11) is 0. The molecule has 0 spiro atoms. The van der Waals surface area contributed by atoms with Gasteiger partial charge in [-0.3, -0.25) is 15.6 Å². The second kappa shape index (κ2) is 9.58. The topological polar surface area (TPSA) is 80.6 Å². The maximum absolute atomic E-state index is 12.8. The fraction of sp³-hybridized carbons (Fsp3) is 0.190. The summed E-state index contributed by atoms with van der Waals surface area (Å²) in [6.07, 6.45) is 1.63. The predicted molar refractivity (Wildman–Crippen MR) is 120 cm³/mol. The molecule has 6 nitrogen and oxygen atoms in total. The van der Waals surface area contributed by atoms with Crippen molar-refractivity contribution in [2.45, 2.75) is 19.8 Å². The van der Waals surface area contributed by atoms with Gasteiger partial charge in [0.25, 0.3) is 5.91 Å². The van der Waals surface area contributed by atoms with Crippen LogP contribution in [0.15, 0.2) is 57.7 Å². The first-order valence-corrected chi connectivity index (χ1v) is 9.91. The number of carbonyl (C=O) groups excluding carboxylic acids is 1. The van der Waals surface area contributed by atoms with Crippen LogP contribution in [-0.4, -0.2) is 16.8 Å². The van der Waals surface area contributed by atoms with Crippen molar-refractivity contribution < 1.29 is 13.9 Å². The van der Waals surface area contributed by atoms with Crippen molar-refractivity contribution in [1.29, 1.82) is 0 Å². The number of benzene rings is 2. The Morgan fingerprint density at radius 3 is 2.62 bits per heavy atom. The van der Waals surface area contributed by atoms with Crippen molar-refractivity contribution in [2.75, 3.05) is 6.61 Å². The second-order valence-electron chi connectivity index (χ2n) is 6.28. The molecule has 8 heteroatoms. The average molecular weight is 429 g/mol. The molecule has 0 bridgehead atoms. The minimum Gasteiger partial charge on any atom is -0.484 e. The van der Waals surface area contributed by atoms with Crippen LogP contribution in [0.25, 0.3) is 22.1 Å². The number of fused-ring (bicyclic) bond motifs is 1. The maximum Gasteiger partial charge on any atom is 0.344 e. The third-order valence-corrected chi connectivity index (χ3v) is 4.44. The van der Waals surface area contributed by atoms with Crippen LogP contribution in [-0.2, 0) is 11.2 Å². The van der Waals surface area contributed by atoms with E-state index in [9.17, 15) is 9.59 Å². The Hall–Kier alpha value is -2.84. The Balaban J connectivity index is 1.93. The second-order valence-corrected chi connectivity index (χ2v) is 7.44. The van der Waals surface area contributed by atoms with Crippen molar-refractivity contribution >= 4 is 46.0 Å². The predicted octanol–water partition coefficient (Wildman–Crippen LogP) is 3.63. The summed E-state index contributed by atoms with van der Waals surface area (Å²) in [5.41, 5.74) is 7.15. The normalized spacial score (nSPS) is 10.6. The van der Waals surface area contributed by atoms with Gasteiger partial charge in [0.1, 0.15) is 15.7 Å². The van der Waals surface area contributed by atoms with Gasteiger partial charge in [0.05, 0.1) is 5.56 Å². The van der Waals surface area contributed by atoms with E-state index in [1.165, 1.54) is 0 Å². The van der Waals surface area contributed by atoms with Gasteiger partial charge in [-0.15, -0.1) is 12.6 Å². The average Bonchev–Trinajstić information content (AvgIpc) is 2.71. The van der Waals surface area contributed by atoms with Gasteiger partial charge in [-0.05, 0) is 29.7 Å². The van der Waals surface area contributed by atoms with E-state index < -0.39 is 11.5 Å². The first kappa shape index (κ1) is 20.9. The van der Waals surface area contributed by atoms with Crippen LogP contribution in [0.3, 0.4) is 0 Å². The third kappa shape index (κ3) is 5.16. The molecule has 29 heavy (non-hydrogen) atoms. The number of nitrogens with one attached hydrogen (secondary N) is 2. The largest absolute Gasteiger partial charge is 0.484 e. The molecule has 0 atom stereocenters. The fourth-order valence-corrected chi connectivity index (χ4v) is 3.16. The number of rotatable bonds is 6. The summed E-state index contributed by atoms with van der Waals surface area (Å²) in [6, 6.07) is 14.7. The van der Waals surface area contributed by atoms with Gasteiger partial charge < -0.3 is 9.15 Å². The van der Waals surface area contributed by atoms with Crippen molar-refractivity contribution in [3.05, 3.63) is 64.5 Å². The van der Waals surface area contributed by atoms with Crippen molar-refractivity contribution in [3.8, 4) is 16.9 Å². The molecule has 0 saturated carbocycles. The summed E-state index contributed by atoms with van der Waals surface area (Å²) in [5.74, 6) is -0.00629. The molecule has 0 aliphatic carbocycles. The SMILES string of the molecule is CCCc1c(-c2ccccc2)c(=O)oc2cc(OCC(=O)NNC(=S)S)ccc12. The minimum absolute atomic E-state index is 0.142. The lowest BCUT2D eigenvalue weighted by molar-refractivity contribution is -0.123. The zero-order valence-corrected chi connectivity index (χ0v) is 17.4. The first-order valence-electron chi connectivity index (χ1n) is 9.05. The first-order chi connectivity index (χ1) is 14.0. The van der Waals surface area contributed by atoms with Gasteiger partial charge in [0, 0.05) is 11.5 Å². The van der Waals surface area contributed by atoms with E-state index in [1.54, 1.807) is 12.1 Å². The van der Waals surface area contributed by atoms with Crippen molar-refractivity contribution in [1.82, 2.24) is 10.9 Å². The summed E-state index contributed by atoms with van der Waals surface area (Å²) in [4.78, 5) is 24.5. The molecule has 150 valence electrons. The van der Waals surface area contributed by atoms with Crippen LogP contribution >= 0.6 is 24.8 Å². The van der Waals surface area contributed by atoms with Gasteiger partial charge in [0.15, 0.2) is 6.61 Å². The monoisotopic (exact) mass is 428 g/mol. The van der Waals surface area contributed by atoms with Crippen LogP contribution in [0.2, 0.25) is 0 Å². The number of amides is 1. The molecule has 1 heterocycles. The molecule has 2 aromatic carbocycles. The maximum atomic E-state index is 12.8. The number of hydrogen-bond acceptors (Lipinski definition) is 5. The summed E-state index contributed by atoms with van der Waals surface area (Å²) in [5, 5.41) is 0.851. The highest BCUT2D eigenvalue weighted by molar-refractivity contribution is 8.11. The molecular formula is C21H20N2O4S2. The molecule has 2 N–H and O–H groups in total. The number of ether oxygens (including phenoxy) is 1. The van der Waals surface area contributed by atoms with E-state index in [1.807, 2.05) is 36.4 Å². The fourth-order valence-electron chi connectivity index (χ4n) is 3.05. The highest BCUT2D eigenvalue weighted by Crippen LogP contribution is 2.30.